The number of ether oxygens (including phenoxy) is 1. The molecule has 2 atom stereocenters. The van der Waals surface area contributed by atoms with Crippen LogP contribution in [0.25, 0.3) is 0 Å². The lowest BCUT2D eigenvalue weighted by Crippen LogP contribution is -2.24. The fourth-order valence-corrected chi connectivity index (χ4v) is 1.37. The quantitative estimate of drug-likeness (QED) is 0.817. The fraction of sp³-hybridized carbons (Fsp3) is 0.417. The molecule has 0 aromatic heterocycles. The van der Waals surface area contributed by atoms with E-state index in [0.29, 0.717) is 5.75 Å². The van der Waals surface area contributed by atoms with Crippen LogP contribution in [0.5, 0.6) is 5.75 Å². The van der Waals surface area contributed by atoms with Crippen LogP contribution in [-0.4, -0.2) is 17.2 Å². The molecule has 0 aliphatic rings. The fourth-order valence-electron chi connectivity index (χ4n) is 1.37. The van der Waals surface area contributed by atoms with Gasteiger partial charge in [0.1, 0.15) is 5.75 Å². The Labute approximate surface area is 95.0 Å². The van der Waals surface area contributed by atoms with E-state index in [2.05, 4.69) is 0 Å². The zero-order valence-corrected chi connectivity index (χ0v) is 9.73. The van der Waals surface area contributed by atoms with Gasteiger partial charge >= 0.3 is 5.97 Å². The van der Waals surface area contributed by atoms with E-state index in [1.165, 1.54) is 6.92 Å². The third-order valence-electron chi connectivity index (χ3n) is 2.31. The highest BCUT2D eigenvalue weighted by Crippen LogP contribution is 2.25. The van der Waals surface area contributed by atoms with Gasteiger partial charge in [0.25, 0.3) is 0 Å². The molecule has 0 saturated carbocycles. The summed E-state index contributed by atoms with van der Waals surface area (Å²) < 4.78 is 5.34. The SMILES string of the molecule is Cc1ccc(OC(C)C(=O)O)c([C@@H](C)N)c1. The van der Waals surface area contributed by atoms with Crippen molar-refractivity contribution >= 4 is 5.97 Å². The van der Waals surface area contributed by atoms with Crippen molar-refractivity contribution in [2.75, 3.05) is 0 Å². The number of benzene rings is 1. The summed E-state index contributed by atoms with van der Waals surface area (Å²) in [4.78, 5) is 10.7. The standard InChI is InChI=1S/C12H17NO3/c1-7-4-5-11(10(6-7)8(2)13)16-9(3)12(14)15/h4-6,8-9H,13H2,1-3H3,(H,14,15)/t8-,9?/m1/s1. The third-order valence-corrected chi connectivity index (χ3v) is 2.31. The van der Waals surface area contributed by atoms with E-state index in [9.17, 15) is 4.79 Å². The molecular formula is C12H17NO3. The smallest absolute Gasteiger partial charge is 0.344 e. The minimum atomic E-state index is -0.990. The molecular weight excluding hydrogens is 206 g/mol. The van der Waals surface area contributed by atoms with Crippen LogP contribution >= 0.6 is 0 Å². The minimum Gasteiger partial charge on any atom is -0.479 e. The Hall–Kier alpha value is -1.55. The van der Waals surface area contributed by atoms with Gasteiger partial charge in [-0.1, -0.05) is 17.7 Å². The molecule has 3 N–H and O–H groups in total. The number of carboxylic acid groups (broad SMARTS) is 1. The van der Waals surface area contributed by atoms with E-state index in [0.717, 1.165) is 11.1 Å². The van der Waals surface area contributed by atoms with Gasteiger partial charge in [-0.15, -0.1) is 0 Å². The number of aryl methyl sites for hydroxylation is 1. The molecule has 1 aromatic carbocycles. The molecule has 1 aromatic rings. The van der Waals surface area contributed by atoms with Crippen molar-refractivity contribution in [3.8, 4) is 5.75 Å². The highest BCUT2D eigenvalue weighted by Gasteiger charge is 2.16. The Bertz CT molecular complexity index is 388. The van der Waals surface area contributed by atoms with Gasteiger partial charge in [0, 0.05) is 11.6 Å². The third kappa shape index (κ3) is 2.97. The monoisotopic (exact) mass is 223 g/mol. The van der Waals surface area contributed by atoms with Crippen molar-refractivity contribution in [1.29, 1.82) is 0 Å². The molecule has 0 aliphatic heterocycles. The summed E-state index contributed by atoms with van der Waals surface area (Å²) in [5.41, 5.74) is 7.71. The molecule has 4 nitrogen and oxygen atoms in total. The second-order valence-corrected chi connectivity index (χ2v) is 3.93. The maximum atomic E-state index is 10.7. The molecule has 4 heteroatoms. The Kier molecular flexibility index (Phi) is 3.90. The van der Waals surface area contributed by atoms with Gasteiger partial charge in [0.15, 0.2) is 6.10 Å². The average Bonchev–Trinajstić information content (AvgIpc) is 2.20. The highest BCUT2D eigenvalue weighted by atomic mass is 16.5. The summed E-state index contributed by atoms with van der Waals surface area (Å²) in [6, 6.07) is 5.36. The van der Waals surface area contributed by atoms with Crippen LogP contribution in [0.2, 0.25) is 0 Å². The maximum absolute atomic E-state index is 10.7. The summed E-state index contributed by atoms with van der Waals surface area (Å²) in [6.07, 6.45) is -0.875. The first-order chi connectivity index (χ1) is 7.41. The Morgan fingerprint density at radius 1 is 1.44 bits per heavy atom. The molecule has 0 aliphatic carbocycles. The van der Waals surface area contributed by atoms with E-state index in [1.54, 1.807) is 6.07 Å². The van der Waals surface area contributed by atoms with Crippen molar-refractivity contribution in [2.24, 2.45) is 5.73 Å². The first kappa shape index (κ1) is 12.5. The summed E-state index contributed by atoms with van der Waals surface area (Å²) in [5, 5.41) is 8.77. The van der Waals surface area contributed by atoms with Crippen molar-refractivity contribution < 1.29 is 14.6 Å². The Balaban J connectivity index is 2.99. The van der Waals surface area contributed by atoms with Crippen molar-refractivity contribution in [3.05, 3.63) is 29.3 Å². The second-order valence-electron chi connectivity index (χ2n) is 3.93. The van der Waals surface area contributed by atoms with E-state index in [-0.39, 0.29) is 6.04 Å². The van der Waals surface area contributed by atoms with Gasteiger partial charge in [-0.25, -0.2) is 4.79 Å². The van der Waals surface area contributed by atoms with Crippen LogP contribution in [-0.2, 0) is 4.79 Å². The zero-order valence-electron chi connectivity index (χ0n) is 9.73. The number of hydrogen-bond donors (Lipinski definition) is 2. The van der Waals surface area contributed by atoms with Crippen LogP contribution in [0.3, 0.4) is 0 Å². The lowest BCUT2D eigenvalue weighted by atomic mass is 10.1. The van der Waals surface area contributed by atoms with Gasteiger partial charge in [0.05, 0.1) is 0 Å². The summed E-state index contributed by atoms with van der Waals surface area (Å²) in [7, 11) is 0. The lowest BCUT2D eigenvalue weighted by Gasteiger charge is -2.17. The Morgan fingerprint density at radius 3 is 2.56 bits per heavy atom. The van der Waals surface area contributed by atoms with E-state index in [4.69, 9.17) is 15.6 Å². The van der Waals surface area contributed by atoms with Crippen LogP contribution in [0.1, 0.15) is 31.0 Å². The number of nitrogens with two attached hydrogens (primary N) is 1. The molecule has 0 amide bonds. The molecule has 88 valence electrons. The molecule has 16 heavy (non-hydrogen) atoms. The largest absolute Gasteiger partial charge is 0.479 e. The van der Waals surface area contributed by atoms with Crippen molar-refractivity contribution in [1.82, 2.24) is 0 Å². The van der Waals surface area contributed by atoms with Gasteiger partial charge < -0.3 is 15.6 Å². The van der Waals surface area contributed by atoms with Crippen LogP contribution < -0.4 is 10.5 Å². The van der Waals surface area contributed by atoms with Gasteiger partial charge in [0.2, 0.25) is 0 Å². The predicted octanol–water partition coefficient (Wildman–Crippen LogP) is 1.87. The van der Waals surface area contributed by atoms with E-state index in [1.807, 2.05) is 26.0 Å². The summed E-state index contributed by atoms with van der Waals surface area (Å²) in [5.74, 6) is -0.452. The molecule has 1 rings (SSSR count). The first-order valence-electron chi connectivity index (χ1n) is 5.17. The summed E-state index contributed by atoms with van der Waals surface area (Å²) in [6.45, 7) is 5.29. The number of aliphatic carboxylic acids is 1. The van der Waals surface area contributed by atoms with Gasteiger partial charge in [-0.3, -0.25) is 0 Å². The molecule has 0 bridgehead atoms. The molecule has 0 spiro atoms. The lowest BCUT2D eigenvalue weighted by molar-refractivity contribution is -0.144. The van der Waals surface area contributed by atoms with E-state index >= 15 is 0 Å². The van der Waals surface area contributed by atoms with Crippen LogP contribution in [0, 0.1) is 6.92 Å². The first-order valence-corrected chi connectivity index (χ1v) is 5.17. The number of rotatable bonds is 4. The zero-order chi connectivity index (χ0) is 12.3. The molecule has 0 saturated heterocycles. The molecule has 0 radical (unpaired) electrons. The number of carboxylic acids is 1. The van der Waals surface area contributed by atoms with Gasteiger partial charge in [-0.2, -0.15) is 0 Å². The van der Waals surface area contributed by atoms with Gasteiger partial charge in [-0.05, 0) is 26.8 Å². The second kappa shape index (κ2) is 4.99. The number of hydrogen-bond acceptors (Lipinski definition) is 3. The average molecular weight is 223 g/mol. The highest BCUT2D eigenvalue weighted by molar-refractivity contribution is 5.72. The van der Waals surface area contributed by atoms with E-state index < -0.39 is 12.1 Å². The predicted molar refractivity (Wildman–Crippen MR) is 61.5 cm³/mol. The van der Waals surface area contributed by atoms with Crippen molar-refractivity contribution in [2.45, 2.75) is 32.9 Å². The summed E-state index contributed by atoms with van der Waals surface area (Å²) >= 11 is 0. The molecule has 0 fully saturated rings. The number of carbonyl (C=O) groups is 1. The van der Waals surface area contributed by atoms with Crippen LogP contribution in [0.4, 0.5) is 0 Å². The molecule has 0 heterocycles. The minimum absolute atomic E-state index is 0.184. The van der Waals surface area contributed by atoms with Crippen LogP contribution in [0.15, 0.2) is 18.2 Å². The Morgan fingerprint density at radius 2 is 2.06 bits per heavy atom. The van der Waals surface area contributed by atoms with Crippen molar-refractivity contribution in [3.63, 3.8) is 0 Å². The maximum Gasteiger partial charge on any atom is 0.344 e. The normalized spacial score (nSPS) is 14.2. The molecule has 1 unspecified atom stereocenters. The topological polar surface area (TPSA) is 72.5 Å².